The smallest absolute Gasteiger partial charge is 0.246 e. The molecular formula is C34H40ClN3O4. The maximum Gasteiger partial charge on any atom is 0.246 e. The van der Waals surface area contributed by atoms with Crippen LogP contribution in [0.5, 0.6) is 0 Å². The highest BCUT2D eigenvalue weighted by Gasteiger charge is 2.72. The molecule has 1 aliphatic carbocycles. The third-order valence-corrected chi connectivity index (χ3v) is 10.3. The molecule has 2 N–H and O–H groups in total. The number of nitrogens with zero attached hydrogens (tertiary/aromatic N) is 1. The van der Waals surface area contributed by atoms with Crippen LogP contribution in [0.15, 0.2) is 60.7 Å². The SMILES string of the molecule is CC(C)c1ccc(NC(=O)[C@H]2[C@H]3C=C[C@@]4(O3)[C@H]2C(=O)N(Cc2ccc(Cl)cc2)[C@@H]4C(=O)N[C@@H]2CCC[C@@H](C)[C@H]2C)cc1. The second kappa shape index (κ2) is 11.2. The Morgan fingerprint density at radius 1 is 1.05 bits per heavy atom. The molecule has 1 spiro atoms. The molecule has 1 saturated carbocycles. The van der Waals surface area contributed by atoms with Gasteiger partial charge in [-0.3, -0.25) is 14.4 Å². The van der Waals surface area contributed by atoms with E-state index < -0.39 is 29.6 Å². The Kier molecular flexibility index (Phi) is 7.69. The van der Waals surface area contributed by atoms with E-state index in [0.29, 0.717) is 28.5 Å². The zero-order chi connectivity index (χ0) is 29.8. The van der Waals surface area contributed by atoms with E-state index in [1.165, 1.54) is 5.56 Å². The molecule has 222 valence electrons. The van der Waals surface area contributed by atoms with Crippen molar-refractivity contribution in [3.8, 4) is 0 Å². The first-order valence-corrected chi connectivity index (χ1v) is 15.6. The minimum atomic E-state index is -1.20. The van der Waals surface area contributed by atoms with Gasteiger partial charge >= 0.3 is 0 Å². The second-order valence-corrected chi connectivity index (χ2v) is 13.4. The molecule has 6 rings (SSSR count). The summed E-state index contributed by atoms with van der Waals surface area (Å²) in [6.45, 7) is 8.88. The molecule has 2 saturated heterocycles. The van der Waals surface area contributed by atoms with Gasteiger partial charge < -0.3 is 20.3 Å². The van der Waals surface area contributed by atoms with Crippen molar-refractivity contribution in [3.05, 3.63) is 76.8 Å². The number of halogens is 1. The Morgan fingerprint density at radius 3 is 2.45 bits per heavy atom. The first-order chi connectivity index (χ1) is 20.1. The number of benzene rings is 2. The fourth-order valence-electron chi connectivity index (χ4n) is 7.45. The van der Waals surface area contributed by atoms with Crippen LogP contribution in [0.3, 0.4) is 0 Å². The van der Waals surface area contributed by atoms with Crippen molar-refractivity contribution in [2.24, 2.45) is 23.7 Å². The summed E-state index contributed by atoms with van der Waals surface area (Å²) >= 11 is 6.12. The van der Waals surface area contributed by atoms with E-state index >= 15 is 0 Å². The maximum absolute atomic E-state index is 14.3. The van der Waals surface area contributed by atoms with Gasteiger partial charge in [0, 0.05) is 23.3 Å². The zero-order valence-electron chi connectivity index (χ0n) is 24.7. The van der Waals surface area contributed by atoms with Crippen LogP contribution < -0.4 is 10.6 Å². The quantitative estimate of drug-likeness (QED) is 0.406. The molecular weight excluding hydrogens is 550 g/mol. The Labute approximate surface area is 253 Å². The molecule has 4 aliphatic rings. The summed E-state index contributed by atoms with van der Waals surface area (Å²) in [6, 6.07) is 14.2. The summed E-state index contributed by atoms with van der Waals surface area (Å²) in [5, 5.41) is 6.92. The lowest BCUT2D eigenvalue weighted by molar-refractivity contribution is -0.142. The summed E-state index contributed by atoms with van der Waals surface area (Å²) in [4.78, 5) is 43.9. The molecule has 8 heteroatoms. The van der Waals surface area contributed by atoms with Crippen LogP contribution in [0.1, 0.15) is 64.0 Å². The lowest BCUT2D eigenvalue weighted by atomic mass is 9.73. The fraction of sp³-hybridized carbons (Fsp3) is 0.500. The molecule has 0 aromatic heterocycles. The van der Waals surface area contributed by atoms with E-state index in [1.54, 1.807) is 17.0 Å². The Balaban J connectivity index is 1.30. The van der Waals surface area contributed by atoms with Gasteiger partial charge in [0.1, 0.15) is 11.6 Å². The fourth-order valence-corrected chi connectivity index (χ4v) is 7.57. The lowest BCUT2D eigenvalue weighted by Crippen LogP contribution is -2.57. The van der Waals surface area contributed by atoms with E-state index in [-0.39, 0.29) is 30.3 Å². The van der Waals surface area contributed by atoms with Crippen LogP contribution in [0, 0.1) is 23.7 Å². The van der Waals surface area contributed by atoms with Crippen molar-refractivity contribution < 1.29 is 19.1 Å². The van der Waals surface area contributed by atoms with Gasteiger partial charge in [0.15, 0.2) is 0 Å². The van der Waals surface area contributed by atoms with Crippen molar-refractivity contribution in [1.82, 2.24) is 10.2 Å². The van der Waals surface area contributed by atoms with Gasteiger partial charge in [-0.25, -0.2) is 0 Å². The number of ether oxygens (including phenoxy) is 1. The Morgan fingerprint density at radius 2 is 1.76 bits per heavy atom. The number of nitrogens with one attached hydrogen (secondary N) is 2. The molecule has 7 nitrogen and oxygen atoms in total. The van der Waals surface area contributed by atoms with E-state index in [1.807, 2.05) is 48.6 Å². The molecule has 3 aliphatic heterocycles. The molecule has 2 bridgehead atoms. The van der Waals surface area contributed by atoms with Crippen molar-refractivity contribution in [2.75, 3.05) is 5.32 Å². The monoisotopic (exact) mass is 589 g/mol. The van der Waals surface area contributed by atoms with E-state index in [9.17, 15) is 14.4 Å². The molecule has 0 unspecified atom stereocenters. The number of hydrogen-bond acceptors (Lipinski definition) is 4. The average molecular weight is 590 g/mol. The first kappa shape index (κ1) is 28.9. The first-order valence-electron chi connectivity index (χ1n) is 15.2. The van der Waals surface area contributed by atoms with E-state index in [4.69, 9.17) is 16.3 Å². The van der Waals surface area contributed by atoms with Crippen LogP contribution in [0.25, 0.3) is 0 Å². The van der Waals surface area contributed by atoms with Crippen LogP contribution in [0.2, 0.25) is 5.02 Å². The summed E-state index contributed by atoms with van der Waals surface area (Å²) in [6.07, 6.45) is 6.25. The van der Waals surface area contributed by atoms with Gasteiger partial charge in [-0.2, -0.15) is 0 Å². The standard InChI is InChI=1S/C34H40ClN3O4/c1-19(2)23-10-14-25(15-11-23)36-31(39)28-27-16-17-34(42-27)29(28)33(41)38(18-22-8-12-24(35)13-9-22)30(34)32(40)37-26-7-5-6-20(3)21(26)4/h8-17,19-21,26-30H,5-7,18H2,1-4H3,(H,36,39)(H,37,40)/t20-,21-,26-,27-,28+,29-,30-,34-/m1/s1. The number of rotatable bonds is 7. The minimum Gasteiger partial charge on any atom is -0.359 e. The van der Waals surface area contributed by atoms with Crippen molar-refractivity contribution >= 4 is 35.0 Å². The van der Waals surface area contributed by atoms with Crippen molar-refractivity contribution in [1.29, 1.82) is 0 Å². The van der Waals surface area contributed by atoms with Crippen molar-refractivity contribution in [3.63, 3.8) is 0 Å². The lowest BCUT2D eigenvalue weighted by Gasteiger charge is -2.38. The second-order valence-electron chi connectivity index (χ2n) is 12.9. The van der Waals surface area contributed by atoms with Crippen LogP contribution >= 0.6 is 11.6 Å². The number of hydrogen-bond donors (Lipinski definition) is 2. The predicted molar refractivity (Wildman–Crippen MR) is 163 cm³/mol. The topological polar surface area (TPSA) is 87.7 Å². The summed E-state index contributed by atoms with van der Waals surface area (Å²) < 4.78 is 6.52. The normalized spacial score (nSPS) is 33.2. The number of fused-ring (bicyclic) bond motifs is 1. The van der Waals surface area contributed by atoms with Crippen LogP contribution in [0.4, 0.5) is 5.69 Å². The number of carbonyl (C=O) groups is 3. The number of amides is 3. The minimum absolute atomic E-state index is 0.0275. The van der Waals surface area contributed by atoms with Gasteiger partial charge in [-0.15, -0.1) is 0 Å². The number of likely N-dealkylation sites (tertiary alicyclic amines) is 1. The third-order valence-electron chi connectivity index (χ3n) is 10.1. The van der Waals surface area contributed by atoms with E-state index in [0.717, 1.165) is 24.8 Å². The third kappa shape index (κ3) is 4.94. The molecule has 42 heavy (non-hydrogen) atoms. The highest BCUT2D eigenvalue weighted by atomic mass is 35.5. The predicted octanol–water partition coefficient (Wildman–Crippen LogP) is 5.69. The number of anilines is 1. The highest BCUT2D eigenvalue weighted by Crippen LogP contribution is 2.55. The largest absolute Gasteiger partial charge is 0.359 e. The molecule has 2 aromatic carbocycles. The van der Waals surface area contributed by atoms with Crippen molar-refractivity contribution in [2.45, 2.75) is 83.2 Å². The molecule has 3 amide bonds. The van der Waals surface area contributed by atoms with Gasteiger partial charge in [-0.05, 0) is 59.6 Å². The maximum atomic E-state index is 14.3. The van der Waals surface area contributed by atoms with Gasteiger partial charge in [-0.1, -0.05) is 88.6 Å². The van der Waals surface area contributed by atoms with Gasteiger partial charge in [0.05, 0.1) is 17.9 Å². The summed E-state index contributed by atoms with van der Waals surface area (Å²) in [7, 11) is 0. The molecule has 3 heterocycles. The van der Waals surface area contributed by atoms with E-state index in [2.05, 4.69) is 38.3 Å². The molecule has 0 radical (unpaired) electrons. The van der Waals surface area contributed by atoms with Crippen LogP contribution in [-0.4, -0.2) is 46.4 Å². The Bertz CT molecular complexity index is 1390. The molecule has 8 atom stereocenters. The van der Waals surface area contributed by atoms with Crippen LogP contribution in [-0.2, 0) is 25.7 Å². The molecule has 3 fully saturated rings. The summed E-state index contributed by atoms with van der Waals surface area (Å²) in [5.41, 5.74) is 1.50. The highest BCUT2D eigenvalue weighted by molar-refractivity contribution is 6.30. The average Bonchev–Trinajstić information content (AvgIpc) is 3.60. The Hall–Kier alpha value is -3.16. The molecule has 2 aromatic rings. The number of carbonyl (C=O) groups excluding carboxylic acids is 3. The zero-order valence-corrected chi connectivity index (χ0v) is 25.4. The van der Waals surface area contributed by atoms with Gasteiger partial charge in [0.2, 0.25) is 17.7 Å². The van der Waals surface area contributed by atoms with Gasteiger partial charge in [0.25, 0.3) is 0 Å². The summed E-state index contributed by atoms with van der Waals surface area (Å²) in [5.74, 6) is -1.06.